The Kier molecular flexibility index (Phi) is 2.39. The summed E-state index contributed by atoms with van der Waals surface area (Å²) in [5.41, 5.74) is 0.584. The third-order valence-corrected chi connectivity index (χ3v) is 3.83. The van der Waals surface area contributed by atoms with Crippen molar-refractivity contribution in [2.75, 3.05) is 7.11 Å². The van der Waals surface area contributed by atoms with Crippen molar-refractivity contribution in [2.24, 2.45) is 5.41 Å². The SMILES string of the molecule is COc1ccc2c3c(oc2c1)C(=O)[C@](C)(C#N)CC3. The van der Waals surface area contributed by atoms with Gasteiger partial charge in [0, 0.05) is 17.0 Å². The summed E-state index contributed by atoms with van der Waals surface area (Å²) in [4.78, 5) is 12.3. The fraction of sp³-hybridized carbons (Fsp3) is 0.333. The van der Waals surface area contributed by atoms with Crippen LogP contribution in [0, 0.1) is 16.7 Å². The average Bonchev–Trinajstić information content (AvgIpc) is 2.81. The molecule has 96 valence electrons. The zero-order valence-corrected chi connectivity index (χ0v) is 10.8. The Labute approximate surface area is 110 Å². The smallest absolute Gasteiger partial charge is 0.218 e. The van der Waals surface area contributed by atoms with Crippen molar-refractivity contribution in [3.63, 3.8) is 0 Å². The summed E-state index contributed by atoms with van der Waals surface area (Å²) in [5.74, 6) is 0.805. The minimum atomic E-state index is -0.967. The summed E-state index contributed by atoms with van der Waals surface area (Å²) in [7, 11) is 1.59. The number of nitrogens with zero attached hydrogens (tertiary/aromatic N) is 1. The Morgan fingerprint density at radius 3 is 2.95 bits per heavy atom. The Balaban J connectivity index is 2.22. The van der Waals surface area contributed by atoms with Gasteiger partial charge in [0.05, 0.1) is 13.2 Å². The highest BCUT2D eigenvalue weighted by Crippen LogP contribution is 2.40. The highest BCUT2D eigenvalue weighted by atomic mass is 16.5. The number of benzene rings is 1. The number of Topliss-reactive ketones (excluding diaryl/α,β-unsaturated/α-hetero) is 1. The van der Waals surface area contributed by atoms with Crippen LogP contribution in [-0.4, -0.2) is 12.9 Å². The van der Waals surface area contributed by atoms with Gasteiger partial charge in [0.25, 0.3) is 0 Å². The van der Waals surface area contributed by atoms with Crippen molar-refractivity contribution >= 4 is 16.8 Å². The Morgan fingerprint density at radius 1 is 1.47 bits per heavy atom. The second kappa shape index (κ2) is 3.86. The molecule has 1 heterocycles. The summed E-state index contributed by atoms with van der Waals surface area (Å²) in [5, 5.41) is 10.1. The zero-order chi connectivity index (χ0) is 13.6. The van der Waals surface area contributed by atoms with Crippen LogP contribution in [0.15, 0.2) is 22.6 Å². The minimum Gasteiger partial charge on any atom is -0.497 e. The first-order valence-electron chi connectivity index (χ1n) is 6.14. The first-order valence-corrected chi connectivity index (χ1v) is 6.14. The zero-order valence-electron chi connectivity index (χ0n) is 10.8. The molecule has 0 N–H and O–H groups in total. The largest absolute Gasteiger partial charge is 0.497 e. The normalized spacial score (nSPS) is 22.1. The molecule has 1 aliphatic rings. The van der Waals surface area contributed by atoms with Crippen molar-refractivity contribution in [1.29, 1.82) is 5.26 Å². The Morgan fingerprint density at radius 2 is 2.26 bits per heavy atom. The molecular weight excluding hydrogens is 242 g/mol. The molecule has 0 amide bonds. The van der Waals surface area contributed by atoms with Gasteiger partial charge in [0.2, 0.25) is 5.78 Å². The maximum absolute atomic E-state index is 12.3. The topological polar surface area (TPSA) is 63.2 Å². The van der Waals surface area contributed by atoms with Crippen molar-refractivity contribution in [2.45, 2.75) is 19.8 Å². The minimum absolute atomic E-state index is 0.216. The van der Waals surface area contributed by atoms with Gasteiger partial charge in [0.1, 0.15) is 16.7 Å². The number of ketones is 1. The second-order valence-electron chi connectivity index (χ2n) is 5.04. The number of rotatable bonds is 1. The van der Waals surface area contributed by atoms with Gasteiger partial charge in [-0.1, -0.05) is 0 Å². The Hall–Kier alpha value is -2.28. The highest BCUT2D eigenvalue weighted by molar-refractivity contribution is 6.06. The van der Waals surface area contributed by atoms with E-state index in [-0.39, 0.29) is 5.78 Å². The van der Waals surface area contributed by atoms with E-state index in [1.54, 1.807) is 20.1 Å². The fourth-order valence-electron chi connectivity index (χ4n) is 2.53. The molecule has 3 rings (SSSR count). The van der Waals surface area contributed by atoms with Gasteiger partial charge in [-0.3, -0.25) is 4.79 Å². The lowest BCUT2D eigenvalue weighted by molar-refractivity contribution is 0.0824. The van der Waals surface area contributed by atoms with Crippen LogP contribution >= 0.6 is 0 Å². The molecule has 0 saturated heterocycles. The maximum Gasteiger partial charge on any atom is 0.218 e. The van der Waals surface area contributed by atoms with Crippen molar-refractivity contribution in [1.82, 2.24) is 0 Å². The van der Waals surface area contributed by atoms with Crippen LogP contribution < -0.4 is 4.74 Å². The van der Waals surface area contributed by atoms with Crippen LogP contribution in [0.2, 0.25) is 0 Å². The predicted octanol–water partition coefficient (Wildman–Crippen LogP) is 3.10. The van der Waals surface area contributed by atoms with Crippen LogP contribution in [-0.2, 0) is 6.42 Å². The molecule has 1 aromatic heterocycles. The van der Waals surface area contributed by atoms with Gasteiger partial charge in [-0.2, -0.15) is 5.26 Å². The molecule has 1 atom stereocenters. The van der Waals surface area contributed by atoms with Crippen LogP contribution in [0.5, 0.6) is 5.75 Å². The van der Waals surface area contributed by atoms with E-state index in [0.717, 1.165) is 10.9 Å². The quantitative estimate of drug-likeness (QED) is 0.785. The van der Waals surface area contributed by atoms with Gasteiger partial charge < -0.3 is 9.15 Å². The molecule has 0 unspecified atom stereocenters. The third kappa shape index (κ3) is 1.55. The number of aryl methyl sites for hydroxylation is 1. The molecule has 0 saturated carbocycles. The van der Waals surface area contributed by atoms with Gasteiger partial charge >= 0.3 is 0 Å². The van der Waals surface area contributed by atoms with Gasteiger partial charge in [-0.15, -0.1) is 0 Å². The number of carbonyl (C=O) groups is 1. The molecule has 19 heavy (non-hydrogen) atoms. The lowest BCUT2D eigenvalue weighted by Gasteiger charge is -2.23. The van der Waals surface area contributed by atoms with Crippen molar-refractivity contribution < 1.29 is 13.9 Å². The van der Waals surface area contributed by atoms with Crippen LogP contribution in [0.1, 0.15) is 29.5 Å². The van der Waals surface area contributed by atoms with Crippen molar-refractivity contribution in [3.05, 3.63) is 29.5 Å². The van der Waals surface area contributed by atoms with E-state index in [1.165, 1.54) is 0 Å². The predicted molar refractivity (Wildman–Crippen MR) is 69.1 cm³/mol. The molecule has 1 aliphatic carbocycles. The van der Waals surface area contributed by atoms with E-state index in [4.69, 9.17) is 9.15 Å². The fourth-order valence-corrected chi connectivity index (χ4v) is 2.53. The lowest BCUT2D eigenvalue weighted by Crippen LogP contribution is -2.31. The number of carbonyl (C=O) groups excluding carboxylic acids is 1. The lowest BCUT2D eigenvalue weighted by atomic mass is 9.75. The number of ether oxygens (including phenoxy) is 1. The Bertz CT molecular complexity index is 723. The number of furan rings is 1. The molecule has 2 aromatic rings. The molecule has 4 nitrogen and oxygen atoms in total. The molecule has 0 radical (unpaired) electrons. The number of hydrogen-bond donors (Lipinski definition) is 0. The monoisotopic (exact) mass is 255 g/mol. The molecule has 0 fully saturated rings. The highest BCUT2D eigenvalue weighted by Gasteiger charge is 2.42. The molecule has 0 aliphatic heterocycles. The molecule has 1 aromatic carbocycles. The summed E-state index contributed by atoms with van der Waals surface area (Å²) < 4.78 is 10.8. The average molecular weight is 255 g/mol. The van der Waals surface area contributed by atoms with Gasteiger partial charge in [-0.05, 0) is 31.9 Å². The van der Waals surface area contributed by atoms with E-state index >= 15 is 0 Å². The maximum atomic E-state index is 12.3. The van der Waals surface area contributed by atoms with Gasteiger partial charge in [0.15, 0.2) is 5.76 Å². The number of hydrogen-bond acceptors (Lipinski definition) is 4. The first-order chi connectivity index (χ1) is 9.09. The van der Waals surface area contributed by atoms with E-state index < -0.39 is 5.41 Å². The summed E-state index contributed by atoms with van der Waals surface area (Å²) in [6.45, 7) is 1.67. The number of methoxy groups -OCH3 is 1. The second-order valence-corrected chi connectivity index (χ2v) is 5.04. The molecule has 0 spiro atoms. The van der Waals surface area contributed by atoms with Gasteiger partial charge in [-0.25, -0.2) is 0 Å². The first kappa shape index (κ1) is 11.8. The van der Waals surface area contributed by atoms with E-state index in [2.05, 4.69) is 6.07 Å². The summed E-state index contributed by atoms with van der Waals surface area (Å²) >= 11 is 0. The third-order valence-electron chi connectivity index (χ3n) is 3.83. The van der Waals surface area contributed by atoms with Crippen molar-refractivity contribution in [3.8, 4) is 11.8 Å². The number of nitriles is 1. The molecule has 4 heteroatoms. The van der Waals surface area contributed by atoms with E-state index in [9.17, 15) is 10.1 Å². The van der Waals surface area contributed by atoms with Crippen LogP contribution in [0.3, 0.4) is 0 Å². The molecule has 0 bridgehead atoms. The summed E-state index contributed by atoms with van der Waals surface area (Å²) in [6, 6.07) is 7.62. The van der Waals surface area contributed by atoms with E-state index in [1.807, 2.05) is 12.1 Å². The molecular formula is C15H13NO3. The van der Waals surface area contributed by atoms with Crippen LogP contribution in [0.4, 0.5) is 0 Å². The van der Waals surface area contributed by atoms with E-state index in [0.29, 0.717) is 29.9 Å². The number of fused-ring (bicyclic) bond motifs is 3. The standard InChI is InChI=1S/C15H13NO3/c1-15(8-16)6-5-11-10-4-3-9(18-2)7-12(10)19-13(11)14(15)17/h3-4,7H,5-6H2,1-2H3/t15-/m0/s1. The summed E-state index contributed by atoms with van der Waals surface area (Å²) in [6.07, 6.45) is 1.22. The van der Waals surface area contributed by atoms with Crippen LogP contribution in [0.25, 0.3) is 11.0 Å².